The Kier molecular flexibility index (Phi) is 12.1. The highest BCUT2D eigenvalue weighted by atomic mass is 16.5. The Balaban J connectivity index is 0.842. The van der Waals surface area contributed by atoms with Gasteiger partial charge in [0, 0.05) is 13.1 Å². The van der Waals surface area contributed by atoms with Crippen LogP contribution in [0.5, 0.6) is 0 Å². The summed E-state index contributed by atoms with van der Waals surface area (Å²) >= 11 is 0. The Morgan fingerprint density at radius 2 is 1.00 bits per heavy atom. The fraction of sp³-hybridized carbons (Fsp3) is 0.333. The molecular formula is C48H54N8O3. The molecule has 2 amide bonds. The highest BCUT2D eigenvalue weighted by Gasteiger charge is 2.38. The molecule has 0 radical (unpaired) electrons. The third-order valence-electron chi connectivity index (χ3n) is 11.7. The number of nitrogens with zero attached hydrogens (tertiary/aromatic N) is 6. The molecule has 2 fully saturated rings. The van der Waals surface area contributed by atoms with Crippen LogP contribution in [0.4, 0.5) is 0 Å². The van der Waals surface area contributed by atoms with Crippen molar-refractivity contribution in [2.45, 2.75) is 63.1 Å². The molecule has 2 aliphatic heterocycles. The summed E-state index contributed by atoms with van der Waals surface area (Å²) in [7, 11) is 7.83. The fourth-order valence-electron chi connectivity index (χ4n) is 8.69. The van der Waals surface area contributed by atoms with E-state index in [-0.39, 0.29) is 36.0 Å². The minimum atomic E-state index is -0.341. The lowest BCUT2D eigenvalue weighted by Crippen LogP contribution is -2.40. The minimum absolute atomic E-state index is 0.0807. The molecule has 4 atom stereocenters. The van der Waals surface area contributed by atoms with Crippen LogP contribution in [-0.4, -0.2) is 92.6 Å². The average molecular weight is 791 g/mol. The summed E-state index contributed by atoms with van der Waals surface area (Å²) in [5, 5.41) is 0. The largest absolute Gasteiger partial charge is 0.372 e. The first-order valence-corrected chi connectivity index (χ1v) is 20.6. The van der Waals surface area contributed by atoms with E-state index < -0.39 is 0 Å². The first kappa shape index (κ1) is 39.9. The molecule has 2 N–H and O–H groups in total. The van der Waals surface area contributed by atoms with Crippen molar-refractivity contribution in [1.82, 2.24) is 39.5 Å². The van der Waals surface area contributed by atoms with E-state index in [4.69, 9.17) is 14.7 Å². The van der Waals surface area contributed by atoms with Crippen molar-refractivity contribution in [3.05, 3.63) is 155 Å². The van der Waals surface area contributed by atoms with Gasteiger partial charge in [-0.05, 0) is 87.3 Å². The Morgan fingerprint density at radius 3 is 1.37 bits per heavy atom. The molecule has 304 valence electrons. The maximum Gasteiger partial charge on any atom is 0.245 e. The highest BCUT2D eigenvalue weighted by Crippen LogP contribution is 2.37. The number of carbonyl (C=O) groups is 2. The van der Waals surface area contributed by atoms with E-state index >= 15 is 0 Å². The number of aromatic amines is 2. The van der Waals surface area contributed by atoms with Crippen LogP contribution in [0.25, 0.3) is 22.5 Å². The molecule has 59 heavy (non-hydrogen) atoms. The Hall–Kier alpha value is -5.88. The molecule has 6 aromatic rings. The number of nitrogens with one attached hydrogen (secondary N) is 2. The predicted octanol–water partition coefficient (Wildman–Crippen LogP) is 8.12. The molecule has 2 aromatic heterocycles. The molecular weight excluding hydrogens is 737 g/mol. The molecule has 0 spiro atoms. The van der Waals surface area contributed by atoms with E-state index in [2.05, 4.69) is 58.5 Å². The molecule has 8 rings (SSSR count). The van der Waals surface area contributed by atoms with Crippen molar-refractivity contribution in [1.29, 1.82) is 0 Å². The van der Waals surface area contributed by atoms with Crippen molar-refractivity contribution in [3.8, 4) is 22.5 Å². The molecule has 4 heterocycles. The monoisotopic (exact) mass is 790 g/mol. The molecule has 0 aliphatic carbocycles. The summed E-state index contributed by atoms with van der Waals surface area (Å²) in [6, 6.07) is 35.8. The second-order valence-corrected chi connectivity index (χ2v) is 16.2. The molecule has 11 nitrogen and oxygen atoms in total. The number of hydrogen-bond donors (Lipinski definition) is 2. The average Bonchev–Trinajstić information content (AvgIpc) is 4.09. The van der Waals surface area contributed by atoms with Gasteiger partial charge in [-0.3, -0.25) is 19.4 Å². The van der Waals surface area contributed by atoms with Crippen LogP contribution in [0.15, 0.2) is 122 Å². The second kappa shape index (κ2) is 17.9. The molecule has 4 aromatic carbocycles. The number of ether oxygens (including phenoxy) is 1. The van der Waals surface area contributed by atoms with Gasteiger partial charge in [-0.15, -0.1) is 0 Å². The van der Waals surface area contributed by atoms with Gasteiger partial charge in [-0.1, -0.05) is 109 Å². The second-order valence-electron chi connectivity index (χ2n) is 16.2. The van der Waals surface area contributed by atoms with E-state index in [9.17, 15) is 9.59 Å². The Labute approximate surface area is 347 Å². The summed E-state index contributed by atoms with van der Waals surface area (Å²) < 4.78 is 6.12. The normalized spacial score (nSPS) is 17.9. The minimum Gasteiger partial charge on any atom is -0.372 e. The van der Waals surface area contributed by atoms with Gasteiger partial charge in [0.1, 0.15) is 23.7 Å². The number of imidazole rings is 2. The van der Waals surface area contributed by atoms with Crippen LogP contribution in [0, 0.1) is 0 Å². The van der Waals surface area contributed by atoms with E-state index in [1.54, 1.807) is 0 Å². The van der Waals surface area contributed by atoms with Gasteiger partial charge in [0.15, 0.2) is 0 Å². The third-order valence-corrected chi connectivity index (χ3v) is 11.7. The lowest BCUT2D eigenvalue weighted by molar-refractivity contribution is -0.138. The predicted molar refractivity (Wildman–Crippen MR) is 230 cm³/mol. The first-order valence-electron chi connectivity index (χ1n) is 20.6. The number of aromatic nitrogens is 4. The third kappa shape index (κ3) is 8.78. The Bertz CT molecular complexity index is 2140. The highest BCUT2D eigenvalue weighted by molar-refractivity contribution is 5.84. The molecule has 2 saturated heterocycles. The van der Waals surface area contributed by atoms with E-state index in [1.165, 1.54) is 0 Å². The van der Waals surface area contributed by atoms with Gasteiger partial charge in [0.2, 0.25) is 11.8 Å². The molecule has 11 heteroatoms. The topological polar surface area (TPSA) is 114 Å². The lowest BCUT2D eigenvalue weighted by atomic mass is 10.0. The number of rotatable bonds is 14. The summed E-state index contributed by atoms with van der Waals surface area (Å²) in [6.07, 6.45) is 7.40. The lowest BCUT2D eigenvalue weighted by Gasteiger charge is -2.31. The van der Waals surface area contributed by atoms with E-state index in [0.717, 1.165) is 95.2 Å². The number of likely N-dealkylation sites (tertiary alicyclic amines) is 2. The van der Waals surface area contributed by atoms with E-state index in [0.29, 0.717) is 13.2 Å². The maximum atomic E-state index is 13.9. The number of carbonyl (C=O) groups excluding carboxylic acids is 2. The van der Waals surface area contributed by atoms with Gasteiger partial charge < -0.3 is 24.5 Å². The quantitative estimate of drug-likeness (QED) is 0.115. The molecule has 2 aliphatic rings. The summed E-state index contributed by atoms with van der Waals surface area (Å²) in [5.41, 5.74) is 8.09. The Morgan fingerprint density at radius 1 is 0.610 bits per heavy atom. The van der Waals surface area contributed by atoms with Gasteiger partial charge in [-0.25, -0.2) is 9.97 Å². The summed E-state index contributed by atoms with van der Waals surface area (Å²) in [5.74, 6) is 1.86. The van der Waals surface area contributed by atoms with Crippen molar-refractivity contribution in [2.75, 3.05) is 41.3 Å². The zero-order valence-electron chi connectivity index (χ0n) is 34.4. The number of likely N-dealkylation sites (N-methyl/N-ethyl adjacent to an activating group) is 2. The zero-order valence-corrected chi connectivity index (χ0v) is 34.4. The van der Waals surface area contributed by atoms with Crippen LogP contribution in [-0.2, 0) is 27.5 Å². The SMILES string of the molecule is CN(C)C(C(=O)N1CCC[C@H]1c1ncc(-c2ccc(COCc3ccc(-c4cnc([C@@H]5CCCN5C(=O)[C@@H](c5ccccc5)N(C)C)[nH]4)cc3)cc2)[nH]1)c1ccccc1. The van der Waals surface area contributed by atoms with Crippen molar-refractivity contribution >= 4 is 11.8 Å². The van der Waals surface area contributed by atoms with Gasteiger partial charge in [-0.2, -0.15) is 0 Å². The van der Waals surface area contributed by atoms with Crippen molar-refractivity contribution in [2.24, 2.45) is 0 Å². The number of benzene rings is 4. The molecule has 0 bridgehead atoms. The van der Waals surface area contributed by atoms with Crippen LogP contribution in [0.2, 0.25) is 0 Å². The number of hydrogen-bond acceptors (Lipinski definition) is 7. The maximum absolute atomic E-state index is 13.9. The van der Waals surface area contributed by atoms with E-state index in [1.807, 2.05) is 121 Å². The summed E-state index contributed by atoms with van der Waals surface area (Å²) in [6.45, 7) is 2.42. The van der Waals surface area contributed by atoms with Crippen molar-refractivity contribution < 1.29 is 14.3 Å². The van der Waals surface area contributed by atoms with Gasteiger partial charge >= 0.3 is 0 Å². The smallest absolute Gasteiger partial charge is 0.245 e. The number of amides is 2. The van der Waals surface area contributed by atoms with Gasteiger partial charge in [0.05, 0.1) is 49.1 Å². The van der Waals surface area contributed by atoms with Crippen LogP contribution < -0.4 is 0 Å². The number of H-pyrrole nitrogens is 2. The van der Waals surface area contributed by atoms with Crippen LogP contribution in [0.3, 0.4) is 0 Å². The summed E-state index contributed by atoms with van der Waals surface area (Å²) in [4.78, 5) is 52.3. The molecule has 1 unspecified atom stereocenters. The van der Waals surface area contributed by atoms with Gasteiger partial charge in [0.25, 0.3) is 0 Å². The first-order chi connectivity index (χ1) is 28.7. The fourth-order valence-corrected chi connectivity index (χ4v) is 8.69. The zero-order chi connectivity index (χ0) is 40.9. The molecule has 0 saturated carbocycles. The van der Waals surface area contributed by atoms with Crippen molar-refractivity contribution in [3.63, 3.8) is 0 Å². The van der Waals surface area contributed by atoms with Crippen LogP contribution >= 0.6 is 0 Å². The van der Waals surface area contributed by atoms with Crippen LogP contribution in [0.1, 0.15) is 83.8 Å². The standard InChI is InChI=1S/C48H54N8O3/c1-53(2)43(37-13-7-5-8-14-37)47(57)55-27-11-17-41(55)45-49-29-39(51-45)35-23-19-33(20-24-35)31-59-32-34-21-25-36(26-22-34)40-30-50-46(52-40)42-18-12-28-56(42)48(58)44(54(3)4)38-15-9-6-10-16-38/h5-10,13-16,19-26,29-30,41-44H,11-12,17-18,27-28,31-32H2,1-4H3,(H,49,51)(H,50,52)/t41-,42-,43+,44?/m0/s1.